The fourth-order valence-electron chi connectivity index (χ4n) is 5.60. The third-order valence-electron chi connectivity index (χ3n) is 7.22. The van der Waals surface area contributed by atoms with Gasteiger partial charge in [-0.25, -0.2) is 0 Å². The molecule has 3 fully saturated rings. The molecule has 0 saturated carbocycles. The Morgan fingerprint density at radius 3 is 2.18 bits per heavy atom. The minimum Gasteiger partial charge on any atom is -0.371 e. The summed E-state index contributed by atoms with van der Waals surface area (Å²) in [6, 6.07) is 7.81. The highest BCUT2D eigenvalue weighted by Gasteiger charge is 2.30. The van der Waals surface area contributed by atoms with E-state index in [1.165, 1.54) is 101 Å². The lowest BCUT2D eigenvalue weighted by atomic mass is 9.93. The predicted molar refractivity (Wildman–Crippen MR) is 119 cm³/mol. The number of likely N-dealkylation sites (N-methyl/N-ethyl adjacent to an activating group) is 1. The van der Waals surface area contributed by atoms with Crippen molar-refractivity contribution in [3.8, 4) is 0 Å². The molecule has 1 aromatic carbocycles. The summed E-state index contributed by atoms with van der Waals surface area (Å²) in [5, 5.41) is 0. The van der Waals surface area contributed by atoms with Crippen LogP contribution in [0.3, 0.4) is 0 Å². The average molecular weight is 385 g/mol. The second-order valence-corrected chi connectivity index (χ2v) is 9.67. The topological polar surface area (TPSA) is 13.0 Å². The first-order valence-corrected chi connectivity index (χ1v) is 11.5. The van der Waals surface area contributed by atoms with E-state index in [1.807, 2.05) is 0 Å². The number of piperazine rings is 1. The number of aryl methyl sites for hydroxylation is 2. The van der Waals surface area contributed by atoms with E-state index in [4.69, 9.17) is 0 Å². The third kappa shape index (κ3) is 5.08. The number of likely N-dealkylation sites (tertiary alicyclic amines) is 1. The second kappa shape index (κ2) is 9.15. The monoisotopic (exact) mass is 384 g/mol. The summed E-state index contributed by atoms with van der Waals surface area (Å²) in [4.78, 5) is 10.6. The van der Waals surface area contributed by atoms with Crippen LogP contribution in [0.5, 0.6) is 0 Å². The Bertz CT molecular complexity index is 609. The van der Waals surface area contributed by atoms with Gasteiger partial charge in [-0.2, -0.15) is 0 Å². The van der Waals surface area contributed by atoms with Crippen LogP contribution in [0, 0.1) is 19.8 Å². The molecule has 1 unspecified atom stereocenters. The summed E-state index contributed by atoms with van der Waals surface area (Å²) in [7, 11) is 2.25. The molecule has 0 amide bonds. The van der Waals surface area contributed by atoms with Crippen molar-refractivity contribution in [2.24, 2.45) is 5.92 Å². The molecule has 4 rings (SSSR count). The first-order valence-electron chi connectivity index (χ1n) is 11.5. The molecule has 0 N–H and O–H groups in total. The number of rotatable bonds is 4. The van der Waals surface area contributed by atoms with Crippen molar-refractivity contribution in [3.05, 3.63) is 29.3 Å². The maximum atomic E-state index is 2.85. The van der Waals surface area contributed by atoms with Crippen LogP contribution in [0.25, 0.3) is 0 Å². The van der Waals surface area contributed by atoms with Gasteiger partial charge in [0.15, 0.2) is 0 Å². The van der Waals surface area contributed by atoms with Crippen molar-refractivity contribution in [1.82, 2.24) is 14.7 Å². The predicted octanol–water partition coefficient (Wildman–Crippen LogP) is 3.23. The number of benzene rings is 1. The third-order valence-corrected chi connectivity index (χ3v) is 7.22. The molecule has 1 atom stereocenters. The molecule has 4 heteroatoms. The van der Waals surface area contributed by atoms with E-state index in [0.717, 1.165) is 12.0 Å². The van der Waals surface area contributed by atoms with Gasteiger partial charge in [0.2, 0.25) is 0 Å². The summed E-state index contributed by atoms with van der Waals surface area (Å²) in [6.45, 7) is 15.9. The van der Waals surface area contributed by atoms with E-state index in [1.54, 1.807) is 0 Å². The maximum absolute atomic E-state index is 2.85. The van der Waals surface area contributed by atoms with Gasteiger partial charge in [-0.05, 0) is 82.3 Å². The molecular weight excluding hydrogens is 344 g/mol. The van der Waals surface area contributed by atoms with Gasteiger partial charge in [0.05, 0.1) is 0 Å². The summed E-state index contributed by atoms with van der Waals surface area (Å²) >= 11 is 0. The van der Waals surface area contributed by atoms with Crippen molar-refractivity contribution in [2.45, 2.75) is 45.6 Å². The molecule has 3 aliphatic rings. The highest BCUT2D eigenvalue weighted by molar-refractivity contribution is 5.51. The zero-order valence-electron chi connectivity index (χ0n) is 18.4. The van der Waals surface area contributed by atoms with Crippen molar-refractivity contribution in [3.63, 3.8) is 0 Å². The van der Waals surface area contributed by atoms with Gasteiger partial charge in [-0.1, -0.05) is 6.07 Å². The fraction of sp³-hybridized carbons (Fsp3) is 0.750. The van der Waals surface area contributed by atoms with Crippen LogP contribution in [-0.4, -0.2) is 86.7 Å². The smallest absolute Gasteiger partial charge is 0.0371 e. The SMILES string of the molecule is Cc1cc(C)cc(N2CCC(N3CCCC(CN4CCN(C)CC4)C3)CC2)c1. The minimum absolute atomic E-state index is 0.803. The van der Waals surface area contributed by atoms with Crippen LogP contribution in [0.1, 0.15) is 36.8 Å². The van der Waals surface area contributed by atoms with Gasteiger partial charge in [0, 0.05) is 64.1 Å². The van der Waals surface area contributed by atoms with Crippen LogP contribution in [0.4, 0.5) is 5.69 Å². The lowest BCUT2D eigenvalue weighted by Crippen LogP contribution is -2.51. The summed E-state index contributed by atoms with van der Waals surface area (Å²) in [5.74, 6) is 0.884. The summed E-state index contributed by atoms with van der Waals surface area (Å²) < 4.78 is 0. The first kappa shape index (κ1) is 20.2. The molecule has 3 heterocycles. The van der Waals surface area contributed by atoms with Crippen molar-refractivity contribution in [2.75, 3.05) is 70.9 Å². The summed E-state index contributed by atoms with van der Waals surface area (Å²) in [6.07, 6.45) is 5.49. The molecule has 0 aromatic heterocycles. The number of nitrogens with zero attached hydrogens (tertiary/aromatic N) is 4. The van der Waals surface area contributed by atoms with Crippen LogP contribution in [-0.2, 0) is 0 Å². The van der Waals surface area contributed by atoms with Gasteiger partial charge in [-0.3, -0.25) is 4.90 Å². The normalized spacial score (nSPS) is 26.7. The molecule has 4 nitrogen and oxygen atoms in total. The number of hydrogen-bond acceptors (Lipinski definition) is 4. The lowest BCUT2D eigenvalue weighted by Gasteiger charge is -2.44. The average Bonchev–Trinajstić information content (AvgIpc) is 2.69. The zero-order chi connectivity index (χ0) is 19.5. The Morgan fingerprint density at radius 1 is 0.821 bits per heavy atom. The Kier molecular flexibility index (Phi) is 6.59. The Morgan fingerprint density at radius 2 is 1.50 bits per heavy atom. The van der Waals surface area contributed by atoms with E-state index >= 15 is 0 Å². The molecule has 0 bridgehead atoms. The second-order valence-electron chi connectivity index (χ2n) is 9.67. The molecule has 3 saturated heterocycles. The van der Waals surface area contributed by atoms with Crippen LogP contribution >= 0.6 is 0 Å². The van der Waals surface area contributed by atoms with Crippen molar-refractivity contribution >= 4 is 5.69 Å². The number of anilines is 1. The van der Waals surface area contributed by atoms with E-state index in [9.17, 15) is 0 Å². The zero-order valence-corrected chi connectivity index (χ0v) is 18.4. The fourth-order valence-corrected chi connectivity index (χ4v) is 5.60. The molecule has 3 aliphatic heterocycles. The molecule has 0 radical (unpaired) electrons. The van der Waals surface area contributed by atoms with Gasteiger partial charge in [0.25, 0.3) is 0 Å². The minimum atomic E-state index is 0.803. The van der Waals surface area contributed by atoms with E-state index in [0.29, 0.717) is 0 Å². The molecule has 28 heavy (non-hydrogen) atoms. The van der Waals surface area contributed by atoms with Crippen LogP contribution < -0.4 is 4.90 Å². The van der Waals surface area contributed by atoms with Crippen LogP contribution in [0.15, 0.2) is 18.2 Å². The molecule has 0 spiro atoms. The van der Waals surface area contributed by atoms with Gasteiger partial charge in [0.1, 0.15) is 0 Å². The number of piperidine rings is 2. The Labute approximate surface area is 172 Å². The lowest BCUT2D eigenvalue weighted by molar-refractivity contribution is 0.0718. The first-order chi connectivity index (χ1) is 13.6. The van der Waals surface area contributed by atoms with E-state index < -0.39 is 0 Å². The summed E-state index contributed by atoms with van der Waals surface area (Å²) in [5.41, 5.74) is 4.21. The maximum Gasteiger partial charge on any atom is 0.0371 e. The highest BCUT2D eigenvalue weighted by atomic mass is 15.3. The van der Waals surface area contributed by atoms with Crippen LogP contribution in [0.2, 0.25) is 0 Å². The number of hydrogen-bond donors (Lipinski definition) is 0. The molecular formula is C24H40N4. The molecule has 0 aliphatic carbocycles. The van der Waals surface area contributed by atoms with E-state index in [-0.39, 0.29) is 0 Å². The quantitative estimate of drug-likeness (QED) is 0.790. The van der Waals surface area contributed by atoms with Gasteiger partial charge >= 0.3 is 0 Å². The van der Waals surface area contributed by atoms with E-state index in [2.05, 4.69) is 58.7 Å². The largest absolute Gasteiger partial charge is 0.371 e. The Hall–Kier alpha value is -1.10. The molecule has 156 valence electrons. The van der Waals surface area contributed by atoms with Crippen molar-refractivity contribution in [1.29, 1.82) is 0 Å². The van der Waals surface area contributed by atoms with Gasteiger partial charge in [-0.15, -0.1) is 0 Å². The van der Waals surface area contributed by atoms with Gasteiger partial charge < -0.3 is 14.7 Å². The van der Waals surface area contributed by atoms with Crippen molar-refractivity contribution < 1.29 is 0 Å². The standard InChI is InChI=1S/C24H40N4/c1-20-15-21(2)17-24(16-20)27-9-6-23(7-10-27)28-8-4-5-22(19-28)18-26-13-11-25(3)12-14-26/h15-17,22-23H,4-14,18-19H2,1-3H3. The highest BCUT2D eigenvalue weighted by Crippen LogP contribution is 2.28. The Balaban J connectivity index is 1.27. The molecule has 1 aromatic rings.